The number of likely N-dealkylation sites (N-methyl/N-ethyl adjacent to an activating group) is 1. The molecule has 7 nitrogen and oxygen atoms in total. The van der Waals surface area contributed by atoms with Crippen molar-refractivity contribution >= 4 is 39.1 Å². The van der Waals surface area contributed by atoms with Crippen LogP contribution in [0, 0.1) is 0 Å². The Kier molecular flexibility index (Phi) is 8.62. The number of thioether (sulfide) groups is 1. The summed E-state index contributed by atoms with van der Waals surface area (Å²) in [6.45, 7) is 4.46. The molecule has 0 saturated heterocycles. The highest BCUT2D eigenvalue weighted by atomic mass is 32.2. The number of rotatable bonds is 9. The predicted molar refractivity (Wildman–Crippen MR) is 132 cm³/mol. The Hall–Kier alpha value is -2.56. The number of sulfonamides is 1. The van der Waals surface area contributed by atoms with Gasteiger partial charge in [0.2, 0.25) is 15.9 Å². The van der Waals surface area contributed by atoms with Gasteiger partial charge in [-0.25, -0.2) is 13.2 Å². The third-order valence-corrected chi connectivity index (χ3v) is 8.49. The van der Waals surface area contributed by atoms with Gasteiger partial charge in [-0.05, 0) is 30.4 Å². The van der Waals surface area contributed by atoms with Crippen LogP contribution in [0.1, 0.15) is 33.1 Å². The summed E-state index contributed by atoms with van der Waals surface area (Å²) in [5.41, 5.74) is 1.36. The fourth-order valence-electron chi connectivity index (χ4n) is 3.81. The smallest absolute Gasteiger partial charge is 0.368 e. The first-order valence-electron chi connectivity index (χ1n) is 11.1. The molecule has 0 bridgehead atoms. The fourth-order valence-corrected chi connectivity index (χ4v) is 6.13. The van der Waals surface area contributed by atoms with Crippen LogP contribution in [-0.2, 0) is 14.8 Å². The van der Waals surface area contributed by atoms with Crippen molar-refractivity contribution in [2.75, 3.05) is 24.2 Å². The molecule has 0 radical (unpaired) electrons. The number of unbranched alkanes of at least 4 members (excludes halogenated alkanes) is 1. The first-order chi connectivity index (χ1) is 16.2. The van der Waals surface area contributed by atoms with E-state index in [1.165, 1.54) is 22.1 Å². The molecule has 0 fully saturated rings. The van der Waals surface area contributed by atoms with Gasteiger partial charge in [0.25, 0.3) is 0 Å². The molecule has 1 atom stereocenters. The third kappa shape index (κ3) is 5.56. The molecule has 1 aliphatic rings. The van der Waals surface area contributed by atoms with Crippen LogP contribution < -0.4 is 9.64 Å². The quantitative estimate of drug-likeness (QED) is 0.276. The largest absolute Gasteiger partial charge is 0.476 e. The molecule has 10 heteroatoms. The number of carboxylic acid groups (broad SMARTS) is 1. The number of carboxylic acids is 1. The summed E-state index contributed by atoms with van der Waals surface area (Å²) in [5.74, 6) is -2.51. The van der Waals surface area contributed by atoms with Crippen LogP contribution in [0.25, 0.3) is 0 Å². The molecule has 34 heavy (non-hydrogen) atoms. The number of halogens is 1. The van der Waals surface area contributed by atoms with E-state index >= 15 is 0 Å². The van der Waals surface area contributed by atoms with E-state index in [9.17, 15) is 17.6 Å². The van der Waals surface area contributed by atoms with E-state index < -0.39 is 21.8 Å². The molecule has 0 aromatic heterocycles. The zero-order valence-electron chi connectivity index (χ0n) is 19.4. The molecule has 2 aromatic carbocycles. The standard InChI is InChI=1S/C24H29FN2O5S2/c1-4-6-10-18-15-27(17-11-8-7-9-12-17)20-13-22(33-5-2)21(32-16-19(25)24(28)29)14-23(20)34(30,31)26(18)3/h7-9,11-14,16,18H,4-6,10,15H2,1-3H3,(H,28,29)/b19-16-/t18-/m0/s1. The van der Waals surface area contributed by atoms with E-state index in [1.54, 1.807) is 13.1 Å². The van der Waals surface area contributed by atoms with Crippen molar-refractivity contribution in [1.29, 1.82) is 0 Å². The number of fused-ring (bicyclic) bond motifs is 1. The normalized spacial score (nSPS) is 18.3. The van der Waals surface area contributed by atoms with E-state index in [1.807, 2.05) is 42.2 Å². The highest BCUT2D eigenvalue weighted by molar-refractivity contribution is 7.99. The molecule has 0 unspecified atom stereocenters. The zero-order valence-corrected chi connectivity index (χ0v) is 21.0. The lowest BCUT2D eigenvalue weighted by Gasteiger charge is -2.29. The van der Waals surface area contributed by atoms with Crippen LogP contribution in [0.15, 0.2) is 64.3 Å². The lowest BCUT2D eigenvalue weighted by atomic mass is 10.1. The minimum absolute atomic E-state index is 0.0254. The Bertz CT molecular complexity index is 1160. The van der Waals surface area contributed by atoms with Crippen LogP contribution in [-0.4, -0.2) is 49.2 Å². The summed E-state index contributed by atoms with van der Waals surface area (Å²) in [7, 11) is -2.34. The van der Waals surface area contributed by atoms with E-state index in [2.05, 4.69) is 6.92 Å². The maximum atomic E-state index is 13.7. The summed E-state index contributed by atoms with van der Waals surface area (Å²) in [5, 5.41) is 8.80. The molecule has 0 amide bonds. The number of para-hydroxylation sites is 1. The van der Waals surface area contributed by atoms with Crippen molar-refractivity contribution in [3.05, 3.63) is 54.6 Å². The van der Waals surface area contributed by atoms with Gasteiger partial charge in [0.1, 0.15) is 16.9 Å². The number of hydrogen-bond acceptors (Lipinski definition) is 6. The van der Waals surface area contributed by atoms with E-state index in [-0.39, 0.29) is 16.7 Å². The van der Waals surface area contributed by atoms with Crippen LogP contribution in [0.3, 0.4) is 0 Å². The molecule has 0 aliphatic carbocycles. The lowest BCUT2D eigenvalue weighted by molar-refractivity contribution is -0.134. The van der Waals surface area contributed by atoms with Crippen molar-refractivity contribution in [2.45, 2.75) is 48.9 Å². The molecule has 1 N–H and O–H groups in total. The van der Waals surface area contributed by atoms with E-state index in [0.717, 1.165) is 18.5 Å². The highest BCUT2D eigenvalue weighted by Crippen LogP contribution is 2.44. The Balaban J connectivity index is 2.23. The third-order valence-electron chi connectivity index (χ3n) is 5.63. The topological polar surface area (TPSA) is 87.1 Å². The highest BCUT2D eigenvalue weighted by Gasteiger charge is 2.37. The monoisotopic (exact) mass is 508 g/mol. The van der Waals surface area contributed by atoms with Crippen LogP contribution in [0.5, 0.6) is 5.75 Å². The molecular weight excluding hydrogens is 479 g/mol. The summed E-state index contributed by atoms with van der Waals surface area (Å²) >= 11 is 1.40. The second kappa shape index (κ2) is 11.2. The molecular formula is C24H29FN2O5S2. The van der Waals surface area contributed by atoms with Gasteiger partial charge in [0.05, 0.1) is 10.6 Å². The van der Waals surface area contributed by atoms with Gasteiger partial charge >= 0.3 is 5.97 Å². The number of nitrogens with zero attached hydrogens (tertiary/aromatic N) is 2. The minimum atomic E-state index is -3.92. The van der Waals surface area contributed by atoms with Gasteiger partial charge in [0.15, 0.2) is 0 Å². The van der Waals surface area contributed by atoms with Crippen molar-refractivity contribution in [3.8, 4) is 5.75 Å². The second-order valence-electron chi connectivity index (χ2n) is 7.85. The molecule has 1 heterocycles. The number of ether oxygens (including phenoxy) is 1. The lowest BCUT2D eigenvalue weighted by Crippen LogP contribution is -2.40. The second-order valence-corrected chi connectivity index (χ2v) is 11.1. The molecule has 0 saturated carbocycles. The number of benzene rings is 2. The molecule has 184 valence electrons. The number of aliphatic carboxylic acids is 1. The minimum Gasteiger partial charge on any atom is -0.476 e. The first kappa shape index (κ1) is 26.1. The van der Waals surface area contributed by atoms with Crippen molar-refractivity contribution in [3.63, 3.8) is 0 Å². The van der Waals surface area contributed by atoms with Gasteiger partial charge in [-0.3, -0.25) is 0 Å². The van der Waals surface area contributed by atoms with Crippen LogP contribution >= 0.6 is 11.8 Å². The van der Waals surface area contributed by atoms with Gasteiger partial charge in [-0.2, -0.15) is 8.70 Å². The SMILES string of the molecule is CCCC[C@H]1CN(c2ccccc2)c2cc(SCC)c(O/C=C(\F)C(=O)O)cc2S(=O)(=O)N1C. The van der Waals surface area contributed by atoms with Crippen LogP contribution in [0.4, 0.5) is 15.8 Å². The van der Waals surface area contributed by atoms with Crippen LogP contribution in [0.2, 0.25) is 0 Å². The molecule has 1 aliphatic heterocycles. The molecule has 2 aromatic rings. The van der Waals surface area contributed by atoms with Gasteiger partial charge in [-0.1, -0.05) is 44.9 Å². The molecule has 0 spiro atoms. The Morgan fingerprint density at radius 1 is 1.26 bits per heavy atom. The number of anilines is 2. The van der Waals surface area contributed by atoms with Gasteiger partial charge in [0, 0.05) is 31.4 Å². The predicted octanol–water partition coefficient (Wildman–Crippen LogP) is 5.40. The van der Waals surface area contributed by atoms with Crippen molar-refractivity contribution in [2.24, 2.45) is 0 Å². The summed E-state index contributed by atoms with van der Waals surface area (Å²) < 4.78 is 47.7. The summed E-state index contributed by atoms with van der Waals surface area (Å²) in [4.78, 5) is 13.4. The Labute approximate surface area is 204 Å². The summed E-state index contributed by atoms with van der Waals surface area (Å²) in [6, 6.07) is 12.4. The van der Waals surface area contributed by atoms with Crippen molar-refractivity contribution < 1.29 is 27.4 Å². The van der Waals surface area contributed by atoms with Crippen molar-refractivity contribution in [1.82, 2.24) is 4.31 Å². The maximum absolute atomic E-state index is 13.7. The average molecular weight is 509 g/mol. The van der Waals surface area contributed by atoms with E-state index in [0.29, 0.717) is 35.6 Å². The first-order valence-corrected chi connectivity index (χ1v) is 13.5. The fraction of sp³-hybridized carbons (Fsp3) is 0.375. The maximum Gasteiger partial charge on any atom is 0.368 e. The Morgan fingerprint density at radius 2 is 1.97 bits per heavy atom. The van der Waals surface area contributed by atoms with E-state index in [4.69, 9.17) is 9.84 Å². The average Bonchev–Trinajstić information content (AvgIpc) is 2.90. The number of hydrogen-bond donors (Lipinski definition) is 1. The zero-order chi connectivity index (χ0) is 24.9. The van der Waals surface area contributed by atoms with Gasteiger partial charge in [-0.15, -0.1) is 11.8 Å². The number of carbonyl (C=O) groups is 1. The Morgan fingerprint density at radius 3 is 2.59 bits per heavy atom. The molecule has 3 rings (SSSR count). The summed E-state index contributed by atoms with van der Waals surface area (Å²) in [6.07, 6.45) is 3.01. The van der Waals surface area contributed by atoms with Gasteiger partial charge < -0.3 is 14.7 Å².